The van der Waals surface area contributed by atoms with Crippen LogP contribution < -0.4 is 20.7 Å². The van der Waals surface area contributed by atoms with Crippen LogP contribution in [0, 0.1) is 0 Å². The molecule has 1 nitrogen and oxygen atoms in total. The Bertz CT molecular complexity index is 2440. The van der Waals surface area contributed by atoms with Crippen LogP contribution in [0.2, 0.25) is 0 Å². The van der Waals surface area contributed by atoms with Gasteiger partial charge in [-0.1, -0.05) is 164 Å². The summed E-state index contributed by atoms with van der Waals surface area (Å²) in [5, 5.41) is 9.35. The summed E-state index contributed by atoms with van der Waals surface area (Å²) in [6.45, 7) is 0. The number of thiophene rings is 1. The van der Waals surface area contributed by atoms with Crippen molar-refractivity contribution in [2.75, 3.05) is 0 Å². The lowest BCUT2D eigenvalue weighted by molar-refractivity contribution is 1.45. The van der Waals surface area contributed by atoms with E-state index in [1.54, 1.807) is 0 Å². The van der Waals surface area contributed by atoms with Gasteiger partial charge < -0.3 is 0 Å². The van der Waals surface area contributed by atoms with E-state index in [0.717, 1.165) is 5.52 Å². The molecular weight excluding hydrogens is 615 g/mol. The summed E-state index contributed by atoms with van der Waals surface area (Å²) in [5.74, 6) is 0. The maximum Gasteiger partial charge on any atom is 0.179 e. The average Bonchev–Trinajstić information content (AvgIpc) is 3.56. The predicted octanol–water partition coefficient (Wildman–Crippen LogP) is 9.31. The third-order valence-electron chi connectivity index (χ3n) is 9.68. The maximum atomic E-state index is 4.89. The van der Waals surface area contributed by atoms with Crippen LogP contribution in [0.1, 0.15) is 0 Å². The van der Waals surface area contributed by atoms with Gasteiger partial charge in [-0.25, -0.2) is 0 Å². The van der Waals surface area contributed by atoms with Crippen molar-refractivity contribution < 1.29 is 0 Å². The van der Waals surface area contributed by atoms with Gasteiger partial charge in [0.2, 0.25) is 0 Å². The van der Waals surface area contributed by atoms with Crippen molar-refractivity contribution in [2.24, 2.45) is 0 Å². The summed E-state index contributed by atoms with van der Waals surface area (Å²) < 4.78 is 2.54. The molecule has 48 heavy (non-hydrogen) atoms. The molecule has 0 aliphatic carbocycles. The molecular formula is C45H31NSSi. The Hall–Kier alpha value is -5.61. The zero-order valence-corrected chi connectivity index (χ0v) is 28.1. The highest BCUT2D eigenvalue weighted by atomic mass is 32.1. The van der Waals surface area contributed by atoms with Crippen LogP contribution in [0.25, 0.3) is 53.3 Å². The van der Waals surface area contributed by atoms with Crippen LogP contribution in [0.4, 0.5) is 0 Å². The quantitative estimate of drug-likeness (QED) is 0.130. The van der Waals surface area contributed by atoms with Crippen LogP contribution in [-0.2, 0) is 0 Å². The van der Waals surface area contributed by atoms with Crippen LogP contribution in [0.5, 0.6) is 0 Å². The monoisotopic (exact) mass is 645 g/mol. The number of benzene rings is 7. The SMILES string of the molecule is c1ccc([Si](c2ccccc2)(c2ccccc2)c2ccc(-c3cccc(-c4ccc5c(c4)ncc4sc6ccccc6c45)c3)cc2)cc1. The van der Waals surface area contributed by atoms with E-state index in [1.165, 1.54) is 68.6 Å². The second kappa shape index (κ2) is 11.9. The van der Waals surface area contributed by atoms with Gasteiger partial charge in [0.05, 0.1) is 10.2 Å². The smallest absolute Gasteiger partial charge is 0.179 e. The Balaban J connectivity index is 1.13. The molecule has 0 saturated carbocycles. The molecule has 2 heterocycles. The number of pyridine rings is 1. The van der Waals surface area contributed by atoms with Crippen molar-refractivity contribution in [3.63, 3.8) is 0 Å². The Morgan fingerprint density at radius 3 is 1.54 bits per heavy atom. The molecule has 9 aromatic rings. The molecule has 0 fully saturated rings. The summed E-state index contributed by atoms with van der Waals surface area (Å²) in [6, 6.07) is 67.0. The first kappa shape index (κ1) is 28.6. The Morgan fingerprint density at radius 1 is 0.375 bits per heavy atom. The molecule has 2 aromatic heterocycles. The lowest BCUT2D eigenvalue weighted by Gasteiger charge is -2.34. The Morgan fingerprint density at radius 2 is 0.896 bits per heavy atom. The van der Waals surface area contributed by atoms with E-state index >= 15 is 0 Å². The van der Waals surface area contributed by atoms with E-state index in [0.29, 0.717) is 0 Å². The second-order valence-electron chi connectivity index (χ2n) is 12.3. The molecule has 0 atom stereocenters. The van der Waals surface area contributed by atoms with Crippen molar-refractivity contribution in [1.29, 1.82) is 0 Å². The summed E-state index contributed by atoms with van der Waals surface area (Å²) in [7, 11) is -2.55. The minimum absolute atomic E-state index is 1.03. The first-order valence-electron chi connectivity index (χ1n) is 16.4. The van der Waals surface area contributed by atoms with Gasteiger partial charge >= 0.3 is 0 Å². The fourth-order valence-electron chi connectivity index (χ4n) is 7.45. The van der Waals surface area contributed by atoms with E-state index in [1.807, 2.05) is 17.5 Å². The number of rotatable bonds is 6. The van der Waals surface area contributed by atoms with E-state index in [4.69, 9.17) is 4.98 Å². The number of aromatic nitrogens is 1. The fraction of sp³-hybridized carbons (Fsp3) is 0. The van der Waals surface area contributed by atoms with Gasteiger partial charge in [-0.05, 0) is 61.2 Å². The van der Waals surface area contributed by atoms with E-state index in [2.05, 4.69) is 182 Å². The first-order chi connectivity index (χ1) is 23.8. The number of hydrogen-bond donors (Lipinski definition) is 0. The van der Waals surface area contributed by atoms with E-state index < -0.39 is 8.07 Å². The van der Waals surface area contributed by atoms with Crippen molar-refractivity contribution in [1.82, 2.24) is 4.98 Å². The highest BCUT2D eigenvalue weighted by Crippen LogP contribution is 2.38. The molecule has 0 aliphatic heterocycles. The second-order valence-corrected chi connectivity index (χ2v) is 17.2. The van der Waals surface area contributed by atoms with Gasteiger partial charge in [-0.3, -0.25) is 4.98 Å². The molecule has 0 aliphatic rings. The number of nitrogens with zero attached hydrogens (tertiary/aromatic N) is 1. The van der Waals surface area contributed by atoms with Crippen LogP contribution in [0.3, 0.4) is 0 Å². The minimum atomic E-state index is -2.55. The molecule has 3 heteroatoms. The van der Waals surface area contributed by atoms with Gasteiger partial charge in [0.15, 0.2) is 8.07 Å². The van der Waals surface area contributed by atoms with Gasteiger partial charge in [0.1, 0.15) is 0 Å². The lowest BCUT2D eigenvalue weighted by atomic mass is 9.97. The van der Waals surface area contributed by atoms with E-state index in [-0.39, 0.29) is 0 Å². The van der Waals surface area contributed by atoms with Gasteiger partial charge in [-0.2, -0.15) is 0 Å². The van der Waals surface area contributed by atoms with Crippen molar-refractivity contribution in [2.45, 2.75) is 0 Å². The molecule has 0 bridgehead atoms. The van der Waals surface area contributed by atoms with Crippen LogP contribution in [0.15, 0.2) is 188 Å². The normalized spacial score (nSPS) is 11.8. The van der Waals surface area contributed by atoms with Gasteiger partial charge in [0, 0.05) is 27.1 Å². The van der Waals surface area contributed by atoms with Gasteiger partial charge in [0.25, 0.3) is 0 Å². The first-order valence-corrected chi connectivity index (χ1v) is 19.2. The zero-order valence-electron chi connectivity index (χ0n) is 26.3. The zero-order chi connectivity index (χ0) is 31.9. The molecule has 226 valence electrons. The number of fused-ring (bicyclic) bond motifs is 5. The summed E-state index contributed by atoms with van der Waals surface area (Å²) in [6.07, 6.45) is 2.04. The van der Waals surface area contributed by atoms with E-state index in [9.17, 15) is 0 Å². The number of hydrogen-bond acceptors (Lipinski definition) is 2. The molecule has 0 radical (unpaired) electrons. The third kappa shape index (κ3) is 4.71. The molecule has 0 saturated heterocycles. The molecule has 9 rings (SSSR count). The molecule has 0 spiro atoms. The highest BCUT2D eigenvalue weighted by molar-refractivity contribution is 7.26. The minimum Gasteiger partial charge on any atom is -0.255 e. The lowest BCUT2D eigenvalue weighted by Crippen LogP contribution is -2.74. The topological polar surface area (TPSA) is 12.9 Å². The molecule has 0 amide bonds. The predicted molar refractivity (Wildman–Crippen MR) is 209 cm³/mol. The summed E-state index contributed by atoms with van der Waals surface area (Å²) in [4.78, 5) is 4.89. The molecule has 0 unspecified atom stereocenters. The maximum absolute atomic E-state index is 4.89. The summed E-state index contributed by atoms with van der Waals surface area (Å²) in [5.41, 5.74) is 5.82. The van der Waals surface area contributed by atoms with Gasteiger partial charge in [-0.15, -0.1) is 11.3 Å². The van der Waals surface area contributed by atoms with Crippen molar-refractivity contribution in [3.8, 4) is 22.3 Å². The van der Waals surface area contributed by atoms with Crippen LogP contribution in [-0.4, -0.2) is 13.1 Å². The Labute approximate surface area is 285 Å². The van der Waals surface area contributed by atoms with Crippen molar-refractivity contribution in [3.05, 3.63) is 188 Å². The average molecular weight is 646 g/mol. The molecule has 0 N–H and O–H groups in total. The Kier molecular flexibility index (Phi) is 7.08. The van der Waals surface area contributed by atoms with Crippen molar-refractivity contribution >= 4 is 71.2 Å². The standard InChI is InChI=1S/C45H31NSSi/c1-4-15-36(16-5-1)48(37-17-6-2-7-18-37,38-19-8-3-9-20-38)39-26-23-32(24-27-39)33-13-12-14-34(29-33)35-25-28-40-42(30-35)46-31-44-45(40)41-21-10-11-22-43(41)47-44/h1-31H. The highest BCUT2D eigenvalue weighted by Gasteiger charge is 2.41. The largest absolute Gasteiger partial charge is 0.255 e. The molecule has 7 aromatic carbocycles. The third-order valence-corrected chi connectivity index (χ3v) is 15.6. The fourth-order valence-corrected chi connectivity index (χ4v) is 13.3. The summed E-state index contributed by atoms with van der Waals surface area (Å²) >= 11 is 1.81. The van der Waals surface area contributed by atoms with Crippen LogP contribution >= 0.6 is 11.3 Å².